The number of hydrogen-bond donors (Lipinski definition) is 2. The second kappa shape index (κ2) is 7.73. The summed E-state index contributed by atoms with van der Waals surface area (Å²) < 4.78 is 14.1. The highest BCUT2D eigenvalue weighted by Crippen LogP contribution is 2.13. The number of carbonyl (C=O) groups is 2. The number of amides is 1. The number of carboxylic acids is 1. The van der Waals surface area contributed by atoms with Crippen molar-refractivity contribution in [1.82, 2.24) is 5.12 Å². The minimum atomic E-state index is -1.57. The fourth-order valence-corrected chi connectivity index (χ4v) is 2.02. The Morgan fingerprint density at radius 1 is 1.29 bits per heavy atom. The summed E-state index contributed by atoms with van der Waals surface area (Å²) in [5.41, 5.74) is 6.26. The van der Waals surface area contributed by atoms with Crippen LogP contribution in [0.5, 0.6) is 0 Å². The van der Waals surface area contributed by atoms with E-state index in [1.165, 1.54) is 0 Å². The number of rotatable bonds is 7. The lowest BCUT2D eigenvalue weighted by Crippen LogP contribution is -2.48. The van der Waals surface area contributed by atoms with Crippen LogP contribution < -0.4 is 5.73 Å². The van der Waals surface area contributed by atoms with Gasteiger partial charge in [-0.25, -0.2) is 4.79 Å². The first-order valence-electron chi connectivity index (χ1n) is 6.84. The molecule has 21 heavy (non-hydrogen) atoms. The van der Waals surface area contributed by atoms with Crippen molar-refractivity contribution < 1.29 is 19.2 Å². The molecular formula is C15H21FN2O3. The summed E-state index contributed by atoms with van der Waals surface area (Å²) in [7, 11) is 0. The molecule has 0 radical (unpaired) electrons. The van der Waals surface area contributed by atoms with E-state index < -0.39 is 24.0 Å². The zero-order valence-corrected chi connectivity index (χ0v) is 12.2. The zero-order chi connectivity index (χ0) is 16.0. The van der Waals surface area contributed by atoms with Crippen molar-refractivity contribution in [3.05, 3.63) is 35.9 Å². The molecule has 0 fully saturated rings. The van der Waals surface area contributed by atoms with E-state index in [1.807, 2.05) is 13.8 Å². The molecule has 2 unspecified atom stereocenters. The summed E-state index contributed by atoms with van der Waals surface area (Å²) in [4.78, 5) is 23.1. The third kappa shape index (κ3) is 5.15. The summed E-state index contributed by atoms with van der Waals surface area (Å²) in [6.07, 6.45) is 0.198. The minimum Gasteiger partial charge on any atom is -0.480 e. The lowest BCUT2D eigenvalue weighted by Gasteiger charge is -2.23. The zero-order valence-electron chi connectivity index (χ0n) is 12.2. The van der Waals surface area contributed by atoms with Gasteiger partial charge in [0.05, 0.1) is 6.04 Å². The molecule has 1 aromatic rings. The van der Waals surface area contributed by atoms with Crippen molar-refractivity contribution in [3.8, 4) is 0 Å². The summed E-state index contributed by atoms with van der Waals surface area (Å²) >= 11 is 0. The number of carboxylic acid groups (broad SMARTS) is 1. The van der Waals surface area contributed by atoms with Crippen LogP contribution in [0.4, 0.5) is 4.48 Å². The summed E-state index contributed by atoms with van der Waals surface area (Å²) in [5, 5.41) is 8.90. The molecule has 0 aliphatic carbocycles. The minimum absolute atomic E-state index is 0.104. The van der Waals surface area contributed by atoms with E-state index in [0.717, 1.165) is 0 Å². The van der Waals surface area contributed by atoms with Crippen molar-refractivity contribution in [3.63, 3.8) is 0 Å². The number of aliphatic carboxylic acids is 1. The molecule has 0 saturated carbocycles. The molecule has 0 heterocycles. The van der Waals surface area contributed by atoms with Gasteiger partial charge in [0.1, 0.15) is 0 Å². The Balaban J connectivity index is 2.80. The van der Waals surface area contributed by atoms with Crippen molar-refractivity contribution in [2.24, 2.45) is 11.7 Å². The lowest BCUT2D eigenvalue weighted by atomic mass is 10.0. The third-order valence-corrected chi connectivity index (χ3v) is 3.08. The highest BCUT2D eigenvalue weighted by atomic mass is 19.2. The molecule has 1 amide bonds. The molecule has 0 spiro atoms. The van der Waals surface area contributed by atoms with Crippen molar-refractivity contribution >= 4 is 11.9 Å². The number of nitrogens with two attached hydrogens (primary N) is 1. The quantitative estimate of drug-likeness (QED) is 0.751. The van der Waals surface area contributed by atoms with Crippen LogP contribution in [0.1, 0.15) is 25.8 Å². The van der Waals surface area contributed by atoms with Gasteiger partial charge in [-0.15, -0.1) is 0 Å². The van der Waals surface area contributed by atoms with Crippen LogP contribution in [0.15, 0.2) is 30.3 Å². The first-order chi connectivity index (χ1) is 9.82. The van der Waals surface area contributed by atoms with Gasteiger partial charge in [-0.2, -0.15) is 5.12 Å². The van der Waals surface area contributed by atoms with E-state index in [9.17, 15) is 14.1 Å². The summed E-state index contributed by atoms with van der Waals surface area (Å²) in [6.45, 7) is 3.71. The first kappa shape index (κ1) is 17.1. The van der Waals surface area contributed by atoms with Crippen LogP contribution in [-0.2, 0) is 16.0 Å². The van der Waals surface area contributed by atoms with E-state index in [0.29, 0.717) is 12.0 Å². The lowest BCUT2D eigenvalue weighted by molar-refractivity contribution is -0.167. The van der Waals surface area contributed by atoms with Crippen molar-refractivity contribution in [2.45, 2.75) is 38.8 Å². The average molecular weight is 296 g/mol. The third-order valence-electron chi connectivity index (χ3n) is 3.08. The Morgan fingerprint density at radius 2 is 1.86 bits per heavy atom. The molecule has 5 nitrogen and oxygen atoms in total. The van der Waals surface area contributed by atoms with E-state index in [1.54, 1.807) is 30.3 Å². The number of carbonyl (C=O) groups excluding carboxylic acids is 1. The normalized spacial score (nSPS) is 13.8. The van der Waals surface area contributed by atoms with Gasteiger partial charge in [-0.1, -0.05) is 48.7 Å². The molecule has 6 heteroatoms. The monoisotopic (exact) mass is 296 g/mol. The fraction of sp³-hybridized carbons (Fsp3) is 0.467. The van der Waals surface area contributed by atoms with Crippen LogP contribution in [0.25, 0.3) is 0 Å². The van der Waals surface area contributed by atoms with Gasteiger partial charge in [0.25, 0.3) is 5.91 Å². The maximum Gasteiger partial charge on any atom is 0.329 e. The van der Waals surface area contributed by atoms with Gasteiger partial charge in [0.15, 0.2) is 6.04 Å². The van der Waals surface area contributed by atoms with Gasteiger partial charge < -0.3 is 10.8 Å². The smallest absolute Gasteiger partial charge is 0.329 e. The second-order valence-electron chi connectivity index (χ2n) is 5.43. The Kier molecular flexibility index (Phi) is 6.30. The molecule has 0 saturated heterocycles. The van der Waals surface area contributed by atoms with Crippen LogP contribution in [-0.4, -0.2) is 34.2 Å². The second-order valence-corrected chi connectivity index (χ2v) is 5.43. The Morgan fingerprint density at radius 3 is 2.33 bits per heavy atom. The molecule has 1 rings (SSSR count). The number of benzene rings is 1. The molecule has 0 bridgehead atoms. The van der Waals surface area contributed by atoms with Crippen molar-refractivity contribution in [2.75, 3.05) is 0 Å². The van der Waals surface area contributed by atoms with Crippen molar-refractivity contribution in [1.29, 1.82) is 0 Å². The molecule has 0 aliphatic rings. The summed E-state index contributed by atoms with van der Waals surface area (Å²) in [5.74, 6) is -2.27. The van der Waals surface area contributed by atoms with Crippen LogP contribution in [0, 0.1) is 5.92 Å². The van der Waals surface area contributed by atoms with Gasteiger partial charge in [0, 0.05) is 6.42 Å². The van der Waals surface area contributed by atoms with Gasteiger partial charge in [-0.3, -0.25) is 4.79 Å². The van der Waals surface area contributed by atoms with Gasteiger partial charge in [0.2, 0.25) is 0 Å². The maximum atomic E-state index is 14.1. The Bertz CT molecular complexity index is 479. The molecule has 3 N–H and O–H groups in total. The SMILES string of the molecule is CC(C)CC(N)C(=O)N(F)C(Cc1ccccc1)C(=O)O. The standard InChI is InChI=1S/C15H21FN2O3/c1-10(2)8-12(17)14(19)18(16)13(15(20)21)9-11-6-4-3-5-7-11/h3-7,10,12-13H,8-9,17H2,1-2H3,(H,20,21). The molecular weight excluding hydrogens is 275 g/mol. The number of nitrogens with zero attached hydrogens (tertiary/aromatic N) is 1. The number of hydrogen-bond acceptors (Lipinski definition) is 3. The molecule has 0 aliphatic heterocycles. The predicted octanol–water partition coefficient (Wildman–Crippen LogP) is 1.77. The van der Waals surface area contributed by atoms with Gasteiger partial charge in [-0.05, 0) is 17.9 Å². The molecule has 0 aromatic heterocycles. The maximum absolute atomic E-state index is 14.1. The fourth-order valence-electron chi connectivity index (χ4n) is 2.02. The largest absolute Gasteiger partial charge is 0.480 e. The number of halogens is 1. The van der Waals surface area contributed by atoms with E-state index in [2.05, 4.69) is 0 Å². The predicted molar refractivity (Wildman–Crippen MR) is 77.0 cm³/mol. The van der Waals surface area contributed by atoms with Crippen LogP contribution in [0.2, 0.25) is 0 Å². The summed E-state index contributed by atoms with van der Waals surface area (Å²) in [6, 6.07) is 5.98. The Labute approximate surface area is 123 Å². The average Bonchev–Trinajstić information content (AvgIpc) is 2.43. The molecule has 2 atom stereocenters. The topological polar surface area (TPSA) is 83.6 Å². The van der Waals surface area contributed by atoms with E-state index >= 15 is 0 Å². The van der Waals surface area contributed by atoms with E-state index in [4.69, 9.17) is 10.8 Å². The first-order valence-corrected chi connectivity index (χ1v) is 6.84. The van der Waals surface area contributed by atoms with E-state index in [-0.39, 0.29) is 17.5 Å². The van der Waals surface area contributed by atoms with Gasteiger partial charge >= 0.3 is 5.97 Å². The van der Waals surface area contributed by atoms with Crippen LogP contribution in [0.3, 0.4) is 0 Å². The molecule has 116 valence electrons. The highest BCUT2D eigenvalue weighted by Gasteiger charge is 2.33. The Hall–Kier alpha value is -1.95. The highest BCUT2D eigenvalue weighted by molar-refractivity contribution is 5.86. The molecule has 1 aromatic carbocycles. The van der Waals surface area contributed by atoms with Crippen LogP contribution >= 0.6 is 0 Å².